The van der Waals surface area contributed by atoms with Crippen LogP contribution < -0.4 is 5.73 Å². The molecule has 0 aromatic heterocycles. The van der Waals surface area contributed by atoms with Crippen LogP contribution in [0.4, 0.5) is 11.4 Å². The van der Waals surface area contributed by atoms with Gasteiger partial charge < -0.3 is 10.5 Å². The summed E-state index contributed by atoms with van der Waals surface area (Å²) < 4.78 is 4.40. The number of carbonyl (C=O) groups excluding carboxylic acids is 1. The lowest BCUT2D eigenvalue weighted by Crippen LogP contribution is -2.03. The van der Waals surface area contributed by atoms with Crippen molar-refractivity contribution in [3.63, 3.8) is 0 Å². The number of carbonyl (C=O) groups is 1. The molecule has 1 aromatic carbocycles. The molecule has 7 heteroatoms. The maximum Gasteiger partial charge on any atom is 0.348 e. The van der Waals surface area contributed by atoms with Gasteiger partial charge in [-0.2, -0.15) is 5.26 Å². The van der Waals surface area contributed by atoms with E-state index in [2.05, 4.69) is 4.74 Å². The highest BCUT2D eigenvalue weighted by Crippen LogP contribution is 2.22. The molecule has 1 aromatic rings. The van der Waals surface area contributed by atoms with Crippen molar-refractivity contribution in [2.75, 3.05) is 12.8 Å². The summed E-state index contributed by atoms with van der Waals surface area (Å²) in [6.07, 6.45) is 1.21. The Morgan fingerprint density at radius 2 is 2.28 bits per heavy atom. The number of benzene rings is 1. The van der Waals surface area contributed by atoms with Gasteiger partial charge in [0, 0.05) is 17.8 Å². The van der Waals surface area contributed by atoms with E-state index in [4.69, 9.17) is 11.0 Å². The predicted octanol–water partition coefficient (Wildman–Crippen LogP) is 1.26. The molecular weight excluding hydrogens is 238 g/mol. The SMILES string of the molecule is COC(=O)/C(C#N)=C/c1ccc([N+](=O)[O-])cc1N. The lowest BCUT2D eigenvalue weighted by molar-refractivity contribution is -0.384. The first-order valence-corrected chi connectivity index (χ1v) is 4.73. The predicted molar refractivity (Wildman–Crippen MR) is 63.1 cm³/mol. The van der Waals surface area contributed by atoms with Crippen LogP contribution in [0, 0.1) is 21.4 Å². The van der Waals surface area contributed by atoms with E-state index >= 15 is 0 Å². The number of nitrogens with two attached hydrogens (primary N) is 1. The summed E-state index contributed by atoms with van der Waals surface area (Å²) in [4.78, 5) is 21.1. The molecule has 7 nitrogen and oxygen atoms in total. The van der Waals surface area contributed by atoms with Crippen molar-refractivity contribution in [3.05, 3.63) is 39.4 Å². The van der Waals surface area contributed by atoms with Gasteiger partial charge in [-0.15, -0.1) is 0 Å². The van der Waals surface area contributed by atoms with Crippen molar-refractivity contribution in [3.8, 4) is 6.07 Å². The topological polar surface area (TPSA) is 119 Å². The van der Waals surface area contributed by atoms with Crippen molar-refractivity contribution in [2.45, 2.75) is 0 Å². The molecule has 0 amide bonds. The van der Waals surface area contributed by atoms with Crippen LogP contribution in [-0.4, -0.2) is 18.0 Å². The Morgan fingerprint density at radius 3 is 2.72 bits per heavy atom. The number of hydrogen-bond donors (Lipinski definition) is 1. The van der Waals surface area contributed by atoms with E-state index in [1.54, 1.807) is 6.07 Å². The second kappa shape index (κ2) is 5.45. The smallest absolute Gasteiger partial charge is 0.348 e. The quantitative estimate of drug-likeness (QED) is 0.214. The number of nitro groups is 1. The Bertz CT molecular complexity index is 572. The van der Waals surface area contributed by atoms with E-state index in [-0.39, 0.29) is 16.9 Å². The van der Waals surface area contributed by atoms with Crippen LogP contribution in [0.2, 0.25) is 0 Å². The third-order valence-corrected chi connectivity index (χ3v) is 2.11. The number of hydrogen-bond acceptors (Lipinski definition) is 6. The molecule has 0 saturated carbocycles. The number of nitriles is 1. The highest BCUT2D eigenvalue weighted by molar-refractivity contribution is 5.98. The molecule has 0 aliphatic heterocycles. The summed E-state index contributed by atoms with van der Waals surface area (Å²) in [6, 6.07) is 5.40. The zero-order valence-electron chi connectivity index (χ0n) is 9.41. The van der Waals surface area contributed by atoms with E-state index in [1.807, 2.05) is 0 Å². The third-order valence-electron chi connectivity index (χ3n) is 2.11. The molecule has 18 heavy (non-hydrogen) atoms. The molecule has 1 rings (SSSR count). The van der Waals surface area contributed by atoms with Gasteiger partial charge >= 0.3 is 5.97 Å². The first-order chi connectivity index (χ1) is 8.49. The molecule has 0 aliphatic rings. The minimum Gasteiger partial charge on any atom is -0.465 e. The Balaban J connectivity index is 3.20. The van der Waals surface area contributed by atoms with E-state index in [1.165, 1.54) is 18.2 Å². The summed E-state index contributed by atoms with van der Waals surface area (Å²) in [5, 5.41) is 19.3. The van der Waals surface area contributed by atoms with Gasteiger partial charge in [0.05, 0.1) is 12.0 Å². The van der Waals surface area contributed by atoms with Gasteiger partial charge in [0.1, 0.15) is 11.6 Å². The molecule has 0 unspecified atom stereocenters. The molecule has 0 heterocycles. The molecule has 2 N–H and O–H groups in total. The molecule has 0 spiro atoms. The average Bonchev–Trinajstić information content (AvgIpc) is 2.36. The zero-order valence-corrected chi connectivity index (χ0v) is 9.41. The van der Waals surface area contributed by atoms with E-state index in [0.717, 1.165) is 13.2 Å². The number of nitro benzene ring substituents is 1. The average molecular weight is 247 g/mol. The molecule has 0 saturated heterocycles. The molecular formula is C11H9N3O4. The lowest BCUT2D eigenvalue weighted by Gasteiger charge is -2.01. The molecule has 0 bridgehead atoms. The molecule has 0 atom stereocenters. The van der Waals surface area contributed by atoms with Gasteiger partial charge in [-0.1, -0.05) is 0 Å². The zero-order chi connectivity index (χ0) is 13.7. The van der Waals surface area contributed by atoms with Crippen LogP contribution in [0.15, 0.2) is 23.8 Å². The first-order valence-electron chi connectivity index (χ1n) is 4.73. The van der Waals surface area contributed by atoms with E-state index in [9.17, 15) is 14.9 Å². The van der Waals surface area contributed by atoms with Crippen LogP contribution in [-0.2, 0) is 9.53 Å². The van der Waals surface area contributed by atoms with Crippen molar-refractivity contribution in [1.29, 1.82) is 5.26 Å². The van der Waals surface area contributed by atoms with E-state index < -0.39 is 10.9 Å². The van der Waals surface area contributed by atoms with Crippen LogP contribution >= 0.6 is 0 Å². The highest BCUT2D eigenvalue weighted by Gasteiger charge is 2.12. The number of ether oxygens (including phenoxy) is 1. The Labute approximate surface area is 102 Å². The maximum absolute atomic E-state index is 11.2. The Kier molecular flexibility index (Phi) is 3.99. The molecule has 0 fully saturated rings. The minimum absolute atomic E-state index is 0.0980. The number of non-ortho nitro benzene ring substituents is 1. The molecule has 92 valence electrons. The highest BCUT2D eigenvalue weighted by atomic mass is 16.6. The monoisotopic (exact) mass is 247 g/mol. The normalized spacial score (nSPS) is 10.6. The van der Waals surface area contributed by atoms with Gasteiger partial charge in [0.25, 0.3) is 5.69 Å². The third kappa shape index (κ3) is 2.82. The number of anilines is 1. The largest absolute Gasteiger partial charge is 0.465 e. The minimum atomic E-state index is -0.796. The van der Waals surface area contributed by atoms with Crippen molar-refractivity contribution < 1.29 is 14.5 Å². The number of nitrogen functional groups attached to an aromatic ring is 1. The summed E-state index contributed by atoms with van der Waals surface area (Å²) in [5.41, 5.74) is 5.62. The summed E-state index contributed by atoms with van der Waals surface area (Å²) in [5.74, 6) is -0.796. The van der Waals surface area contributed by atoms with Crippen LogP contribution in [0.5, 0.6) is 0 Å². The van der Waals surface area contributed by atoms with Crippen LogP contribution in [0.25, 0.3) is 6.08 Å². The number of rotatable bonds is 3. The van der Waals surface area contributed by atoms with Gasteiger partial charge in [-0.25, -0.2) is 4.79 Å². The van der Waals surface area contributed by atoms with Crippen LogP contribution in [0.1, 0.15) is 5.56 Å². The number of nitrogens with zero attached hydrogens (tertiary/aromatic N) is 2. The Hall–Kier alpha value is -2.88. The van der Waals surface area contributed by atoms with Gasteiger partial charge in [0.2, 0.25) is 0 Å². The Morgan fingerprint density at radius 1 is 1.61 bits per heavy atom. The molecule has 0 aliphatic carbocycles. The second-order valence-corrected chi connectivity index (χ2v) is 3.23. The summed E-state index contributed by atoms with van der Waals surface area (Å²) in [7, 11) is 1.15. The molecule has 0 radical (unpaired) electrons. The summed E-state index contributed by atoms with van der Waals surface area (Å²) >= 11 is 0. The standard InChI is InChI=1S/C11H9N3O4/c1-18-11(15)8(6-12)4-7-2-3-9(14(16)17)5-10(7)13/h2-5H,13H2,1H3/b8-4+. The van der Waals surface area contributed by atoms with Crippen LogP contribution in [0.3, 0.4) is 0 Å². The fourth-order valence-corrected chi connectivity index (χ4v) is 1.21. The second-order valence-electron chi connectivity index (χ2n) is 3.23. The lowest BCUT2D eigenvalue weighted by atomic mass is 10.1. The summed E-state index contributed by atoms with van der Waals surface area (Å²) in [6.45, 7) is 0. The number of esters is 1. The van der Waals surface area contributed by atoms with Crippen molar-refractivity contribution in [2.24, 2.45) is 0 Å². The maximum atomic E-state index is 11.2. The van der Waals surface area contributed by atoms with Gasteiger partial charge in [-0.05, 0) is 17.7 Å². The van der Waals surface area contributed by atoms with Gasteiger partial charge in [-0.3, -0.25) is 10.1 Å². The fourth-order valence-electron chi connectivity index (χ4n) is 1.21. The number of methoxy groups -OCH3 is 1. The fraction of sp³-hybridized carbons (Fsp3) is 0.0909. The van der Waals surface area contributed by atoms with Gasteiger partial charge in [0.15, 0.2) is 0 Å². The first kappa shape index (κ1) is 13.2. The van der Waals surface area contributed by atoms with Crippen molar-refractivity contribution in [1.82, 2.24) is 0 Å². The van der Waals surface area contributed by atoms with Crippen molar-refractivity contribution >= 4 is 23.4 Å². The van der Waals surface area contributed by atoms with E-state index in [0.29, 0.717) is 5.56 Å².